The number of aromatic hydroxyl groups is 1. The molecule has 0 aliphatic carbocycles. The summed E-state index contributed by atoms with van der Waals surface area (Å²) < 4.78 is 0.823. The van der Waals surface area contributed by atoms with Crippen molar-refractivity contribution in [3.8, 4) is 5.75 Å². The van der Waals surface area contributed by atoms with E-state index in [-0.39, 0.29) is 23.8 Å². The average molecular weight is 397 g/mol. The molecule has 4 heteroatoms. The molecule has 21 heavy (non-hydrogen) atoms. The number of aliphatic hydroxyl groups excluding tert-OH is 1. The Morgan fingerprint density at radius 2 is 1.95 bits per heavy atom. The Hall–Kier alpha value is -1.14. The van der Waals surface area contributed by atoms with E-state index in [9.17, 15) is 10.2 Å². The highest BCUT2D eigenvalue weighted by molar-refractivity contribution is 14.1. The summed E-state index contributed by atoms with van der Waals surface area (Å²) in [5.74, 6) is 0.239. The van der Waals surface area contributed by atoms with Gasteiger partial charge in [-0.1, -0.05) is 45.0 Å². The lowest BCUT2D eigenvalue weighted by molar-refractivity contribution is 0.191. The minimum absolute atomic E-state index is 0.00850. The monoisotopic (exact) mass is 397 g/mol. The van der Waals surface area contributed by atoms with Gasteiger partial charge in [-0.05, 0) is 44.8 Å². The van der Waals surface area contributed by atoms with Crippen molar-refractivity contribution in [2.75, 3.05) is 6.61 Å². The Morgan fingerprint density at radius 1 is 1.29 bits per heavy atom. The van der Waals surface area contributed by atoms with Crippen LogP contribution in [0, 0.1) is 8.99 Å². The summed E-state index contributed by atoms with van der Waals surface area (Å²) in [5, 5.41) is 21.9. The molecular formula is C17H20INO2. The minimum Gasteiger partial charge on any atom is -0.506 e. The largest absolute Gasteiger partial charge is 0.506 e. The lowest BCUT2D eigenvalue weighted by atomic mass is 9.88. The van der Waals surface area contributed by atoms with E-state index in [1.165, 1.54) is 0 Å². The molecule has 0 bridgehead atoms. The Kier molecular flexibility index (Phi) is 4.88. The Balaban J connectivity index is 2.45. The molecule has 0 aromatic heterocycles. The van der Waals surface area contributed by atoms with E-state index in [1.54, 1.807) is 6.21 Å². The van der Waals surface area contributed by atoms with Crippen LogP contribution >= 0.6 is 22.6 Å². The van der Waals surface area contributed by atoms with Gasteiger partial charge < -0.3 is 10.2 Å². The number of rotatable bonds is 3. The molecule has 0 saturated carbocycles. The first-order valence-electron chi connectivity index (χ1n) is 6.89. The molecule has 0 radical (unpaired) electrons. The quantitative estimate of drug-likeness (QED) is 0.608. The number of nitrogens with zero attached hydrogens (tertiary/aromatic N) is 1. The number of phenolic OH excluding ortho intramolecular Hbond substituents is 1. The summed E-state index contributed by atoms with van der Waals surface area (Å²) in [6, 6.07) is 9.67. The van der Waals surface area contributed by atoms with Crippen LogP contribution in [-0.4, -0.2) is 29.1 Å². The van der Waals surface area contributed by atoms with Crippen molar-refractivity contribution in [1.82, 2.24) is 0 Å². The van der Waals surface area contributed by atoms with Gasteiger partial charge in [-0.25, -0.2) is 0 Å². The molecule has 112 valence electrons. The molecule has 3 nitrogen and oxygen atoms in total. The van der Waals surface area contributed by atoms with Crippen LogP contribution in [0.4, 0.5) is 0 Å². The first-order valence-corrected chi connectivity index (χ1v) is 7.96. The number of phenols is 1. The minimum atomic E-state index is -0.193. The fraction of sp³-hybridized carbons (Fsp3) is 0.353. The molecule has 0 amide bonds. The molecule has 0 saturated heterocycles. The standard InChI is InChI=1S/C17H20INO2/c1-17(2,3)14(10-20)19-9-12-8-11-6-4-5-7-13(11)15(18)16(12)21/h4-9,14,20-21H,10H2,1-3H3/t14-/m1/s1. The maximum atomic E-state index is 10.3. The van der Waals surface area contributed by atoms with E-state index in [4.69, 9.17) is 0 Å². The van der Waals surface area contributed by atoms with Gasteiger partial charge in [0.15, 0.2) is 0 Å². The van der Waals surface area contributed by atoms with Crippen LogP contribution in [0.2, 0.25) is 0 Å². The molecule has 2 rings (SSSR count). The second kappa shape index (κ2) is 6.32. The maximum Gasteiger partial charge on any atom is 0.138 e. The average Bonchev–Trinajstić information content (AvgIpc) is 2.43. The molecule has 2 aromatic carbocycles. The summed E-state index contributed by atoms with van der Waals surface area (Å²) in [6.07, 6.45) is 1.66. The van der Waals surface area contributed by atoms with Crippen molar-refractivity contribution >= 4 is 39.6 Å². The van der Waals surface area contributed by atoms with Crippen LogP contribution in [0.1, 0.15) is 26.3 Å². The first-order chi connectivity index (χ1) is 9.84. The molecule has 0 heterocycles. The van der Waals surface area contributed by atoms with Gasteiger partial charge in [0, 0.05) is 11.8 Å². The fourth-order valence-electron chi connectivity index (χ4n) is 2.13. The predicted molar refractivity (Wildman–Crippen MR) is 96.3 cm³/mol. The number of hydrogen-bond donors (Lipinski definition) is 2. The number of aliphatic imine (C=N–C) groups is 1. The third kappa shape index (κ3) is 3.55. The molecule has 1 atom stereocenters. The van der Waals surface area contributed by atoms with Crippen molar-refractivity contribution in [3.05, 3.63) is 39.5 Å². The van der Waals surface area contributed by atoms with E-state index in [0.29, 0.717) is 5.56 Å². The van der Waals surface area contributed by atoms with Crippen LogP contribution in [-0.2, 0) is 0 Å². The van der Waals surface area contributed by atoms with Crippen molar-refractivity contribution in [1.29, 1.82) is 0 Å². The summed E-state index contributed by atoms with van der Waals surface area (Å²) in [5.41, 5.74) is 0.561. The van der Waals surface area contributed by atoms with E-state index < -0.39 is 0 Å². The zero-order valence-corrected chi connectivity index (χ0v) is 14.6. The third-order valence-electron chi connectivity index (χ3n) is 3.56. The third-order valence-corrected chi connectivity index (χ3v) is 4.65. The highest BCUT2D eigenvalue weighted by Gasteiger charge is 2.22. The zero-order valence-electron chi connectivity index (χ0n) is 12.5. The fourth-order valence-corrected chi connectivity index (χ4v) is 2.93. The zero-order chi connectivity index (χ0) is 15.6. The van der Waals surface area contributed by atoms with Crippen LogP contribution < -0.4 is 0 Å². The Labute approximate surface area is 138 Å². The first kappa shape index (κ1) is 16.2. The lowest BCUT2D eigenvalue weighted by Crippen LogP contribution is -2.28. The molecule has 0 aliphatic heterocycles. The van der Waals surface area contributed by atoms with Crippen molar-refractivity contribution in [2.24, 2.45) is 10.4 Å². The molecule has 0 aliphatic rings. The second-order valence-corrected chi connectivity index (χ2v) is 7.27. The molecule has 0 spiro atoms. The van der Waals surface area contributed by atoms with Gasteiger partial charge in [-0.3, -0.25) is 4.99 Å². The number of halogens is 1. The van der Waals surface area contributed by atoms with Gasteiger partial charge in [0.1, 0.15) is 5.75 Å². The van der Waals surface area contributed by atoms with Gasteiger partial charge in [0.25, 0.3) is 0 Å². The van der Waals surface area contributed by atoms with Crippen LogP contribution in [0.25, 0.3) is 10.8 Å². The summed E-state index contributed by atoms with van der Waals surface area (Å²) in [4.78, 5) is 4.45. The van der Waals surface area contributed by atoms with Gasteiger partial charge >= 0.3 is 0 Å². The van der Waals surface area contributed by atoms with Gasteiger partial charge in [-0.2, -0.15) is 0 Å². The maximum absolute atomic E-state index is 10.3. The number of fused-ring (bicyclic) bond motifs is 1. The molecular weight excluding hydrogens is 377 g/mol. The highest BCUT2D eigenvalue weighted by Crippen LogP contribution is 2.32. The van der Waals surface area contributed by atoms with Gasteiger partial charge in [0.2, 0.25) is 0 Å². The number of aliphatic hydroxyl groups is 1. The lowest BCUT2D eigenvalue weighted by Gasteiger charge is -2.25. The van der Waals surface area contributed by atoms with E-state index >= 15 is 0 Å². The molecule has 2 N–H and O–H groups in total. The predicted octanol–water partition coefficient (Wildman–Crippen LogP) is 3.98. The van der Waals surface area contributed by atoms with Crippen molar-refractivity contribution < 1.29 is 10.2 Å². The molecule has 0 unspecified atom stereocenters. The number of benzene rings is 2. The smallest absolute Gasteiger partial charge is 0.138 e. The van der Waals surface area contributed by atoms with Crippen LogP contribution in [0.15, 0.2) is 35.3 Å². The summed E-state index contributed by atoms with van der Waals surface area (Å²) >= 11 is 2.15. The summed E-state index contributed by atoms with van der Waals surface area (Å²) in [7, 11) is 0. The van der Waals surface area contributed by atoms with Gasteiger partial charge in [0.05, 0.1) is 16.2 Å². The Bertz CT molecular complexity index is 674. The second-order valence-electron chi connectivity index (χ2n) is 6.19. The normalized spacial score (nSPS) is 14.0. The molecule has 2 aromatic rings. The van der Waals surface area contributed by atoms with E-state index in [2.05, 4.69) is 27.6 Å². The van der Waals surface area contributed by atoms with E-state index in [0.717, 1.165) is 14.3 Å². The van der Waals surface area contributed by atoms with Gasteiger partial charge in [-0.15, -0.1) is 0 Å². The van der Waals surface area contributed by atoms with E-state index in [1.807, 2.05) is 51.1 Å². The topological polar surface area (TPSA) is 52.8 Å². The van der Waals surface area contributed by atoms with Crippen molar-refractivity contribution in [2.45, 2.75) is 26.8 Å². The van der Waals surface area contributed by atoms with Crippen LogP contribution in [0.5, 0.6) is 5.75 Å². The number of hydrogen-bond acceptors (Lipinski definition) is 3. The van der Waals surface area contributed by atoms with Crippen LogP contribution in [0.3, 0.4) is 0 Å². The van der Waals surface area contributed by atoms with Crippen molar-refractivity contribution in [3.63, 3.8) is 0 Å². The Morgan fingerprint density at radius 3 is 2.57 bits per heavy atom. The SMILES string of the molecule is CC(C)(C)[C@@H](CO)N=Cc1cc2ccccc2c(I)c1O. The summed E-state index contributed by atoms with van der Waals surface area (Å²) in [6.45, 7) is 6.10. The molecule has 0 fully saturated rings. The highest BCUT2D eigenvalue weighted by atomic mass is 127.